The van der Waals surface area contributed by atoms with Gasteiger partial charge in [0.05, 0.1) is 0 Å². The van der Waals surface area contributed by atoms with Crippen molar-refractivity contribution in [3.63, 3.8) is 0 Å². The Morgan fingerprint density at radius 3 is 2.86 bits per heavy atom. The SMILES string of the molecule is CC(C)(CNC1CC1)Cn1cncn1. The van der Waals surface area contributed by atoms with Gasteiger partial charge in [0.2, 0.25) is 0 Å². The van der Waals surface area contributed by atoms with Crippen LogP contribution in [0, 0.1) is 5.41 Å². The maximum absolute atomic E-state index is 4.12. The summed E-state index contributed by atoms with van der Waals surface area (Å²) in [6.45, 7) is 6.48. The Labute approximate surface area is 84.7 Å². The lowest BCUT2D eigenvalue weighted by Gasteiger charge is -2.24. The molecule has 0 saturated heterocycles. The van der Waals surface area contributed by atoms with Crippen LogP contribution in [-0.4, -0.2) is 27.4 Å². The highest BCUT2D eigenvalue weighted by Crippen LogP contribution is 2.22. The van der Waals surface area contributed by atoms with Crippen LogP contribution in [0.4, 0.5) is 0 Å². The van der Waals surface area contributed by atoms with E-state index in [1.807, 2.05) is 4.68 Å². The van der Waals surface area contributed by atoms with Gasteiger partial charge in [0.1, 0.15) is 12.7 Å². The minimum Gasteiger partial charge on any atom is -0.313 e. The number of nitrogens with zero attached hydrogens (tertiary/aromatic N) is 3. The van der Waals surface area contributed by atoms with Crippen LogP contribution in [0.15, 0.2) is 12.7 Å². The van der Waals surface area contributed by atoms with Gasteiger partial charge in [-0.05, 0) is 18.3 Å². The van der Waals surface area contributed by atoms with Gasteiger partial charge < -0.3 is 5.32 Å². The fraction of sp³-hybridized carbons (Fsp3) is 0.800. The lowest BCUT2D eigenvalue weighted by Crippen LogP contribution is -2.34. The zero-order chi connectivity index (χ0) is 10.0. The number of nitrogens with one attached hydrogen (secondary N) is 1. The molecule has 0 aromatic carbocycles. The molecule has 2 rings (SSSR count). The molecule has 1 N–H and O–H groups in total. The zero-order valence-electron chi connectivity index (χ0n) is 8.90. The van der Waals surface area contributed by atoms with Crippen molar-refractivity contribution >= 4 is 0 Å². The van der Waals surface area contributed by atoms with E-state index in [9.17, 15) is 0 Å². The van der Waals surface area contributed by atoms with E-state index in [2.05, 4.69) is 29.2 Å². The van der Waals surface area contributed by atoms with Crippen molar-refractivity contribution < 1.29 is 0 Å². The molecule has 0 aliphatic heterocycles. The molecule has 1 fully saturated rings. The first-order valence-electron chi connectivity index (χ1n) is 5.21. The molecule has 14 heavy (non-hydrogen) atoms. The molecule has 0 radical (unpaired) electrons. The molecule has 0 unspecified atom stereocenters. The van der Waals surface area contributed by atoms with Gasteiger partial charge in [0.15, 0.2) is 0 Å². The molecular formula is C10H18N4. The second-order valence-electron chi connectivity index (χ2n) is 4.91. The molecule has 1 aliphatic carbocycles. The highest BCUT2D eigenvalue weighted by atomic mass is 15.3. The van der Waals surface area contributed by atoms with Gasteiger partial charge in [-0.3, -0.25) is 4.68 Å². The van der Waals surface area contributed by atoms with E-state index in [1.54, 1.807) is 12.7 Å². The monoisotopic (exact) mass is 194 g/mol. The molecule has 4 nitrogen and oxygen atoms in total. The molecule has 1 aliphatic rings. The van der Waals surface area contributed by atoms with E-state index >= 15 is 0 Å². The third-order valence-electron chi connectivity index (χ3n) is 2.50. The van der Waals surface area contributed by atoms with Crippen LogP contribution in [-0.2, 0) is 6.54 Å². The van der Waals surface area contributed by atoms with E-state index in [4.69, 9.17) is 0 Å². The lowest BCUT2D eigenvalue weighted by atomic mass is 9.93. The van der Waals surface area contributed by atoms with Crippen molar-refractivity contribution in [2.45, 2.75) is 39.3 Å². The van der Waals surface area contributed by atoms with Gasteiger partial charge >= 0.3 is 0 Å². The van der Waals surface area contributed by atoms with E-state index in [0.717, 1.165) is 19.1 Å². The summed E-state index contributed by atoms with van der Waals surface area (Å²) in [6, 6.07) is 0.782. The fourth-order valence-corrected chi connectivity index (χ4v) is 1.52. The van der Waals surface area contributed by atoms with Crippen LogP contribution in [0.1, 0.15) is 26.7 Å². The van der Waals surface area contributed by atoms with Gasteiger partial charge in [-0.15, -0.1) is 0 Å². The summed E-state index contributed by atoms with van der Waals surface area (Å²) in [7, 11) is 0. The summed E-state index contributed by atoms with van der Waals surface area (Å²) >= 11 is 0. The normalized spacial score (nSPS) is 17.3. The standard InChI is InChI=1S/C10H18N4/c1-10(2,5-12-9-3-4-9)6-14-8-11-7-13-14/h7-9,12H,3-6H2,1-2H3. The van der Waals surface area contributed by atoms with E-state index in [0.29, 0.717) is 0 Å². The van der Waals surface area contributed by atoms with Crippen LogP contribution in [0.2, 0.25) is 0 Å². The number of rotatable bonds is 5. The third-order valence-corrected chi connectivity index (χ3v) is 2.50. The topological polar surface area (TPSA) is 42.7 Å². The van der Waals surface area contributed by atoms with Crippen molar-refractivity contribution in [3.05, 3.63) is 12.7 Å². The molecule has 78 valence electrons. The van der Waals surface area contributed by atoms with Gasteiger partial charge in [0.25, 0.3) is 0 Å². The molecule has 1 heterocycles. The summed E-state index contributed by atoms with van der Waals surface area (Å²) in [5, 5.41) is 7.67. The summed E-state index contributed by atoms with van der Waals surface area (Å²) in [4.78, 5) is 3.95. The number of aromatic nitrogens is 3. The summed E-state index contributed by atoms with van der Waals surface area (Å²) in [5.41, 5.74) is 0.246. The third kappa shape index (κ3) is 2.80. The first-order chi connectivity index (χ1) is 6.66. The minimum atomic E-state index is 0.246. The summed E-state index contributed by atoms with van der Waals surface area (Å²) in [6.07, 6.45) is 6.06. The Balaban J connectivity index is 1.81. The van der Waals surface area contributed by atoms with Crippen LogP contribution in [0.3, 0.4) is 0 Å². The molecule has 1 aromatic heterocycles. The maximum Gasteiger partial charge on any atom is 0.137 e. The second kappa shape index (κ2) is 3.69. The molecular weight excluding hydrogens is 176 g/mol. The quantitative estimate of drug-likeness (QED) is 0.762. The van der Waals surface area contributed by atoms with Gasteiger partial charge in [-0.1, -0.05) is 13.8 Å². The number of hydrogen-bond acceptors (Lipinski definition) is 3. The van der Waals surface area contributed by atoms with Gasteiger partial charge in [0, 0.05) is 19.1 Å². The first-order valence-corrected chi connectivity index (χ1v) is 5.21. The smallest absolute Gasteiger partial charge is 0.137 e. The van der Waals surface area contributed by atoms with Crippen molar-refractivity contribution in [1.82, 2.24) is 20.1 Å². The van der Waals surface area contributed by atoms with E-state index in [-0.39, 0.29) is 5.41 Å². The molecule has 0 spiro atoms. The van der Waals surface area contributed by atoms with Crippen molar-refractivity contribution in [1.29, 1.82) is 0 Å². The van der Waals surface area contributed by atoms with Gasteiger partial charge in [-0.2, -0.15) is 5.10 Å². The number of hydrogen-bond donors (Lipinski definition) is 1. The highest BCUT2D eigenvalue weighted by Gasteiger charge is 2.25. The van der Waals surface area contributed by atoms with Gasteiger partial charge in [-0.25, -0.2) is 4.98 Å². The maximum atomic E-state index is 4.12. The van der Waals surface area contributed by atoms with E-state index in [1.165, 1.54) is 12.8 Å². The Hall–Kier alpha value is -0.900. The Bertz CT molecular complexity index is 274. The molecule has 1 aromatic rings. The minimum absolute atomic E-state index is 0.246. The van der Waals surface area contributed by atoms with Crippen molar-refractivity contribution in [3.8, 4) is 0 Å². The molecule has 0 atom stereocenters. The molecule has 0 bridgehead atoms. The summed E-state index contributed by atoms with van der Waals surface area (Å²) < 4.78 is 1.90. The molecule has 0 amide bonds. The average molecular weight is 194 g/mol. The Kier molecular flexibility index (Phi) is 2.54. The van der Waals surface area contributed by atoms with Crippen LogP contribution in [0.5, 0.6) is 0 Å². The predicted molar refractivity (Wildman–Crippen MR) is 54.8 cm³/mol. The molecule has 1 saturated carbocycles. The fourth-order valence-electron chi connectivity index (χ4n) is 1.52. The zero-order valence-corrected chi connectivity index (χ0v) is 8.90. The molecule has 4 heteroatoms. The second-order valence-corrected chi connectivity index (χ2v) is 4.91. The highest BCUT2D eigenvalue weighted by molar-refractivity contribution is 4.84. The summed E-state index contributed by atoms with van der Waals surface area (Å²) in [5.74, 6) is 0. The van der Waals surface area contributed by atoms with E-state index < -0.39 is 0 Å². The predicted octanol–water partition coefficient (Wildman–Crippen LogP) is 1.06. The van der Waals surface area contributed by atoms with Crippen LogP contribution >= 0.6 is 0 Å². The largest absolute Gasteiger partial charge is 0.313 e. The lowest BCUT2D eigenvalue weighted by molar-refractivity contribution is 0.275. The Morgan fingerprint density at radius 2 is 2.29 bits per heavy atom. The van der Waals surface area contributed by atoms with Crippen molar-refractivity contribution in [2.75, 3.05) is 6.54 Å². The average Bonchev–Trinajstić information content (AvgIpc) is 2.82. The first kappa shape index (κ1) is 9.65. The van der Waals surface area contributed by atoms with Crippen molar-refractivity contribution in [2.24, 2.45) is 5.41 Å². The van der Waals surface area contributed by atoms with Crippen LogP contribution in [0.25, 0.3) is 0 Å². The van der Waals surface area contributed by atoms with Crippen LogP contribution < -0.4 is 5.32 Å². The Morgan fingerprint density at radius 1 is 1.50 bits per heavy atom.